The van der Waals surface area contributed by atoms with Crippen molar-refractivity contribution >= 4 is 17.4 Å². The van der Waals surface area contributed by atoms with E-state index in [-0.39, 0.29) is 17.4 Å². The number of ketones is 1. The first-order valence-corrected chi connectivity index (χ1v) is 16.0. The van der Waals surface area contributed by atoms with E-state index in [0.29, 0.717) is 18.4 Å². The second-order valence-corrected chi connectivity index (χ2v) is 11.8. The van der Waals surface area contributed by atoms with E-state index in [9.17, 15) is 14.7 Å². The van der Waals surface area contributed by atoms with E-state index in [1.165, 1.54) is 51.4 Å². The molecule has 2 aromatic carbocycles. The summed E-state index contributed by atoms with van der Waals surface area (Å²) in [6, 6.07) is 15.1. The lowest BCUT2D eigenvalue weighted by molar-refractivity contribution is 0.0696. The fourth-order valence-corrected chi connectivity index (χ4v) is 5.92. The molecule has 0 radical (unpaired) electrons. The molecule has 1 fully saturated rings. The number of ether oxygens (including phenoxy) is 1. The molecule has 0 amide bonds. The molecular weight excluding hydrogens is 512 g/mol. The van der Waals surface area contributed by atoms with E-state index in [1.807, 2.05) is 36.4 Å². The fraction of sp³-hybridized carbons (Fsp3) is 0.600. The molecule has 0 saturated carbocycles. The number of benzene rings is 2. The molecule has 0 spiro atoms. The Hall–Kier alpha value is -2.70. The standard InChI is InChI=1S/C35H52N2O4/c1-4-6-7-8-9-10-11-12-13-14-28(3)36-35(5-2,27-29-15-17-31(18-16-29)34(39)40)33(38)30-19-21-32(22-20-30)37-23-25-41-26-24-37/h15-22,28,36H,4-14,23-27H2,1-3H3,(H,39,40). The number of unbranched alkanes of at least 4 members (excludes halogenated alkanes) is 8. The monoisotopic (exact) mass is 564 g/mol. The number of hydrogen-bond donors (Lipinski definition) is 2. The third-order valence-corrected chi connectivity index (χ3v) is 8.51. The van der Waals surface area contributed by atoms with Gasteiger partial charge in [-0.1, -0.05) is 83.8 Å². The van der Waals surface area contributed by atoms with Gasteiger partial charge in [-0.2, -0.15) is 0 Å². The number of nitrogens with zero attached hydrogens (tertiary/aromatic N) is 1. The zero-order valence-electron chi connectivity index (χ0n) is 25.6. The van der Waals surface area contributed by atoms with Crippen LogP contribution in [0.4, 0.5) is 5.69 Å². The second kappa shape index (κ2) is 17.3. The van der Waals surface area contributed by atoms with E-state index in [1.54, 1.807) is 12.1 Å². The molecule has 0 bridgehead atoms. The first kappa shape index (κ1) is 32.8. The molecule has 2 atom stereocenters. The van der Waals surface area contributed by atoms with Crippen LogP contribution in [0.25, 0.3) is 0 Å². The maximum Gasteiger partial charge on any atom is 0.335 e. The van der Waals surface area contributed by atoms with E-state index in [0.717, 1.165) is 50.4 Å². The Kier molecular flexibility index (Phi) is 13.8. The minimum absolute atomic E-state index is 0.0924. The van der Waals surface area contributed by atoms with Gasteiger partial charge < -0.3 is 20.1 Å². The Bertz CT molecular complexity index is 1050. The summed E-state index contributed by atoms with van der Waals surface area (Å²) in [6.45, 7) is 9.68. The summed E-state index contributed by atoms with van der Waals surface area (Å²) in [7, 11) is 0. The van der Waals surface area contributed by atoms with Crippen molar-refractivity contribution in [3.8, 4) is 0 Å². The number of carboxylic acid groups (broad SMARTS) is 1. The molecule has 1 aliphatic rings. The van der Waals surface area contributed by atoms with Crippen molar-refractivity contribution in [2.75, 3.05) is 31.2 Å². The number of carbonyl (C=O) groups is 2. The SMILES string of the molecule is CCCCCCCCCCCC(C)NC(CC)(Cc1ccc(C(=O)O)cc1)C(=O)c1ccc(N2CCOCC2)cc1. The predicted molar refractivity (Wildman–Crippen MR) is 168 cm³/mol. The first-order valence-electron chi connectivity index (χ1n) is 16.0. The van der Waals surface area contributed by atoms with Crippen molar-refractivity contribution in [1.29, 1.82) is 0 Å². The summed E-state index contributed by atoms with van der Waals surface area (Å²) in [6.07, 6.45) is 13.8. The Morgan fingerprint density at radius 1 is 0.854 bits per heavy atom. The van der Waals surface area contributed by atoms with Gasteiger partial charge in [-0.25, -0.2) is 4.79 Å². The summed E-state index contributed by atoms with van der Waals surface area (Å²) >= 11 is 0. The summed E-state index contributed by atoms with van der Waals surface area (Å²) < 4.78 is 5.48. The zero-order chi connectivity index (χ0) is 29.5. The van der Waals surface area contributed by atoms with Crippen molar-refractivity contribution in [2.45, 2.75) is 109 Å². The number of carboxylic acids is 1. The zero-order valence-corrected chi connectivity index (χ0v) is 25.6. The first-order chi connectivity index (χ1) is 19.9. The molecular formula is C35H52N2O4. The third kappa shape index (κ3) is 10.3. The van der Waals surface area contributed by atoms with Crippen LogP contribution < -0.4 is 10.2 Å². The maximum absolute atomic E-state index is 14.2. The predicted octanol–water partition coefficient (Wildman–Crippen LogP) is 7.69. The second-order valence-electron chi connectivity index (χ2n) is 11.8. The number of rotatable bonds is 19. The normalized spacial score (nSPS) is 15.8. The van der Waals surface area contributed by atoms with Crippen LogP contribution >= 0.6 is 0 Å². The van der Waals surface area contributed by atoms with Crippen molar-refractivity contribution in [3.05, 3.63) is 65.2 Å². The van der Waals surface area contributed by atoms with Crippen LogP contribution in [0.15, 0.2) is 48.5 Å². The Labute approximate surface area is 247 Å². The van der Waals surface area contributed by atoms with Gasteiger partial charge in [0.25, 0.3) is 0 Å². The highest BCUT2D eigenvalue weighted by atomic mass is 16.5. The molecule has 6 heteroatoms. The van der Waals surface area contributed by atoms with Crippen LogP contribution in [0.1, 0.15) is 118 Å². The fourth-order valence-electron chi connectivity index (χ4n) is 5.92. The Morgan fingerprint density at radius 2 is 1.41 bits per heavy atom. The van der Waals surface area contributed by atoms with Crippen LogP contribution in [0.5, 0.6) is 0 Å². The van der Waals surface area contributed by atoms with Gasteiger partial charge in [-0.15, -0.1) is 0 Å². The lowest BCUT2D eigenvalue weighted by Crippen LogP contribution is -2.56. The molecule has 226 valence electrons. The number of anilines is 1. The van der Waals surface area contributed by atoms with Crippen LogP contribution in [-0.4, -0.2) is 54.7 Å². The molecule has 2 aromatic rings. The maximum atomic E-state index is 14.2. The Balaban J connectivity index is 1.68. The van der Waals surface area contributed by atoms with Crippen LogP contribution in [0.3, 0.4) is 0 Å². The van der Waals surface area contributed by atoms with Gasteiger partial charge in [0.2, 0.25) is 0 Å². The highest BCUT2D eigenvalue weighted by molar-refractivity contribution is 6.03. The molecule has 0 aromatic heterocycles. The van der Waals surface area contributed by atoms with Crippen LogP contribution in [0.2, 0.25) is 0 Å². The molecule has 41 heavy (non-hydrogen) atoms. The van der Waals surface area contributed by atoms with Gasteiger partial charge in [0.1, 0.15) is 0 Å². The van der Waals surface area contributed by atoms with Gasteiger partial charge in [0.05, 0.1) is 24.3 Å². The number of aromatic carboxylic acids is 1. The number of hydrogen-bond acceptors (Lipinski definition) is 5. The van der Waals surface area contributed by atoms with Gasteiger partial charge in [-0.05, 0) is 68.1 Å². The smallest absolute Gasteiger partial charge is 0.335 e. The van der Waals surface area contributed by atoms with Gasteiger partial charge in [0.15, 0.2) is 5.78 Å². The average molecular weight is 565 g/mol. The van der Waals surface area contributed by atoms with E-state index >= 15 is 0 Å². The van der Waals surface area contributed by atoms with Crippen molar-refractivity contribution in [2.24, 2.45) is 0 Å². The topological polar surface area (TPSA) is 78.9 Å². The number of Topliss-reactive ketones (excluding diaryl/α,β-unsaturated/α-hetero) is 1. The Morgan fingerprint density at radius 3 is 1.98 bits per heavy atom. The number of carbonyl (C=O) groups excluding carboxylic acids is 1. The molecule has 2 N–H and O–H groups in total. The summed E-state index contributed by atoms with van der Waals surface area (Å²) in [5.41, 5.74) is 2.26. The lowest BCUT2D eigenvalue weighted by Gasteiger charge is -2.36. The minimum Gasteiger partial charge on any atom is -0.478 e. The van der Waals surface area contributed by atoms with Gasteiger partial charge >= 0.3 is 5.97 Å². The van der Waals surface area contributed by atoms with E-state index in [4.69, 9.17) is 4.74 Å². The molecule has 1 aliphatic heterocycles. The van der Waals surface area contributed by atoms with Crippen molar-refractivity contribution < 1.29 is 19.4 Å². The van der Waals surface area contributed by atoms with Crippen molar-refractivity contribution in [3.63, 3.8) is 0 Å². The highest BCUT2D eigenvalue weighted by Crippen LogP contribution is 2.27. The van der Waals surface area contributed by atoms with E-state index < -0.39 is 11.5 Å². The largest absolute Gasteiger partial charge is 0.478 e. The average Bonchev–Trinajstić information content (AvgIpc) is 3.00. The molecule has 6 nitrogen and oxygen atoms in total. The number of nitrogens with one attached hydrogen (secondary N) is 1. The molecule has 1 saturated heterocycles. The summed E-state index contributed by atoms with van der Waals surface area (Å²) in [5.74, 6) is -0.850. The van der Waals surface area contributed by atoms with Gasteiger partial charge in [-0.3, -0.25) is 4.79 Å². The van der Waals surface area contributed by atoms with Crippen LogP contribution in [-0.2, 0) is 11.2 Å². The van der Waals surface area contributed by atoms with Gasteiger partial charge in [0, 0.05) is 30.4 Å². The summed E-state index contributed by atoms with van der Waals surface area (Å²) in [4.78, 5) is 27.9. The number of morpholine rings is 1. The third-order valence-electron chi connectivity index (χ3n) is 8.51. The molecule has 1 heterocycles. The minimum atomic E-state index is -0.942. The van der Waals surface area contributed by atoms with Crippen molar-refractivity contribution in [1.82, 2.24) is 5.32 Å². The summed E-state index contributed by atoms with van der Waals surface area (Å²) in [5, 5.41) is 13.1. The van der Waals surface area contributed by atoms with E-state index in [2.05, 4.69) is 31.0 Å². The molecule has 0 aliphatic carbocycles. The highest BCUT2D eigenvalue weighted by Gasteiger charge is 2.38. The molecule has 3 rings (SSSR count). The lowest BCUT2D eigenvalue weighted by atomic mass is 9.80. The molecule has 2 unspecified atom stereocenters. The quantitative estimate of drug-likeness (QED) is 0.134. The van der Waals surface area contributed by atoms with Crippen LogP contribution in [0, 0.1) is 0 Å².